The van der Waals surface area contributed by atoms with Crippen LogP contribution in [0, 0.1) is 12.8 Å². The molecule has 1 amide bonds. The van der Waals surface area contributed by atoms with Crippen LogP contribution in [0.4, 0.5) is 5.69 Å². The van der Waals surface area contributed by atoms with Crippen molar-refractivity contribution in [1.29, 1.82) is 0 Å². The molecule has 1 fully saturated rings. The number of anilines is 1. The third-order valence-corrected chi connectivity index (χ3v) is 5.36. The Balaban J connectivity index is 1.36. The number of pyridine rings is 1. The smallest absolute Gasteiger partial charge is 0.223 e. The third kappa shape index (κ3) is 3.95. The van der Waals surface area contributed by atoms with E-state index in [2.05, 4.69) is 59.7 Å². The number of nitrogens with zero attached hydrogens (tertiary/aromatic N) is 2. The Labute approximate surface area is 160 Å². The molecule has 4 heteroatoms. The largest absolute Gasteiger partial charge is 0.384 e. The second kappa shape index (κ2) is 7.78. The van der Waals surface area contributed by atoms with Crippen molar-refractivity contribution in [1.82, 2.24) is 9.88 Å². The average Bonchev–Trinajstić information content (AvgIpc) is 3.05. The number of fused-ring (bicyclic) bond motifs is 1. The van der Waals surface area contributed by atoms with Crippen LogP contribution >= 0.6 is 0 Å². The fourth-order valence-electron chi connectivity index (χ4n) is 3.85. The standard InChI is InChI=1S/C23H25N3O/c1-17-6-5-9-20-21(10-12-24-23(17)20)25-15-19-14-22(27)26(16-19)13-11-18-7-3-2-4-8-18/h2-10,12,19H,11,13-16H2,1H3,(H,24,25). The number of amides is 1. The summed E-state index contributed by atoms with van der Waals surface area (Å²) in [5.41, 5.74) is 4.60. The summed E-state index contributed by atoms with van der Waals surface area (Å²) < 4.78 is 0. The van der Waals surface area contributed by atoms with Crippen LogP contribution in [0.15, 0.2) is 60.8 Å². The van der Waals surface area contributed by atoms with E-state index < -0.39 is 0 Å². The molecule has 1 unspecified atom stereocenters. The van der Waals surface area contributed by atoms with Crippen LogP contribution in [-0.4, -0.2) is 35.4 Å². The molecule has 3 aromatic rings. The van der Waals surface area contributed by atoms with Gasteiger partial charge in [-0.15, -0.1) is 0 Å². The fourth-order valence-corrected chi connectivity index (χ4v) is 3.85. The highest BCUT2D eigenvalue weighted by molar-refractivity contribution is 5.92. The van der Waals surface area contributed by atoms with Crippen molar-refractivity contribution >= 4 is 22.5 Å². The number of nitrogens with one attached hydrogen (secondary N) is 1. The molecule has 0 bridgehead atoms. The van der Waals surface area contributed by atoms with E-state index in [0.717, 1.165) is 42.6 Å². The van der Waals surface area contributed by atoms with Crippen molar-refractivity contribution < 1.29 is 4.79 Å². The van der Waals surface area contributed by atoms with E-state index in [-0.39, 0.29) is 5.91 Å². The van der Waals surface area contributed by atoms with E-state index in [4.69, 9.17) is 0 Å². The highest BCUT2D eigenvalue weighted by Crippen LogP contribution is 2.25. The second-order valence-corrected chi connectivity index (χ2v) is 7.36. The predicted molar refractivity (Wildman–Crippen MR) is 110 cm³/mol. The summed E-state index contributed by atoms with van der Waals surface area (Å²) in [6, 6.07) is 18.6. The molecule has 2 heterocycles. The molecule has 1 aliphatic rings. The molecule has 1 aromatic heterocycles. The van der Waals surface area contributed by atoms with Crippen molar-refractivity contribution in [2.24, 2.45) is 5.92 Å². The summed E-state index contributed by atoms with van der Waals surface area (Å²) in [6.45, 7) is 4.53. The van der Waals surface area contributed by atoms with Gasteiger partial charge in [0.25, 0.3) is 0 Å². The maximum atomic E-state index is 12.4. The molecule has 0 spiro atoms. The molecule has 0 aliphatic carbocycles. The van der Waals surface area contributed by atoms with Crippen LogP contribution in [0.3, 0.4) is 0 Å². The minimum Gasteiger partial charge on any atom is -0.384 e. The minimum atomic E-state index is 0.271. The average molecular weight is 359 g/mol. The number of carbonyl (C=O) groups excluding carboxylic acids is 1. The topological polar surface area (TPSA) is 45.2 Å². The zero-order chi connectivity index (χ0) is 18.6. The zero-order valence-corrected chi connectivity index (χ0v) is 15.7. The minimum absolute atomic E-state index is 0.271. The Hall–Kier alpha value is -2.88. The fraction of sp³-hybridized carbons (Fsp3) is 0.304. The first-order valence-corrected chi connectivity index (χ1v) is 9.60. The van der Waals surface area contributed by atoms with Gasteiger partial charge in [-0.2, -0.15) is 0 Å². The number of likely N-dealkylation sites (tertiary alicyclic amines) is 1. The summed E-state index contributed by atoms with van der Waals surface area (Å²) in [4.78, 5) is 18.9. The van der Waals surface area contributed by atoms with Gasteiger partial charge in [0.15, 0.2) is 0 Å². The van der Waals surface area contributed by atoms with Crippen LogP contribution in [0.1, 0.15) is 17.5 Å². The van der Waals surface area contributed by atoms with Crippen molar-refractivity contribution in [2.45, 2.75) is 19.8 Å². The molecule has 1 atom stereocenters. The summed E-state index contributed by atoms with van der Waals surface area (Å²) in [6.07, 6.45) is 3.40. The summed E-state index contributed by atoms with van der Waals surface area (Å²) >= 11 is 0. The van der Waals surface area contributed by atoms with Gasteiger partial charge in [-0.05, 0) is 30.5 Å². The lowest BCUT2D eigenvalue weighted by molar-refractivity contribution is -0.127. The number of rotatable bonds is 6. The van der Waals surface area contributed by atoms with Gasteiger partial charge in [0.1, 0.15) is 0 Å². The summed E-state index contributed by atoms with van der Waals surface area (Å²) in [7, 11) is 0. The van der Waals surface area contributed by atoms with Crippen LogP contribution in [0.5, 0.6) is 0 Å². The monoisotopic (exact) mass is 359 g/mol. The zero-order valence-electron chi connectivity index (χ0n) is 15.7. The van der Waals surface area contributed by atoms with Gasteiger partial charge in [-0.3, -0.25) is 9.78 Å². The Morgan fingerprint density at radius 3 is 2.81 bits per heavy atom. The number of aryl methyl sites for hydroxylation is 1. The number of aromatic nitrogens is 1. The molecular weight excluding hydrogens is 334 g/mol. The first kappa shape index (κ1) is 17.5. The van der Waals surface area contributed by atoms with Gasteiger partial charge in [-0.25, -0.2) is 0 Å². The Bertz CT molecular complexity index is 939. The highest BCUT2D eigenvalue weighted by Gasteiger charge is 2.29. The predicted octanol–water partition coefficient (Wildman–Crippen LogP) is 4.05. The summed E-state index contributed by atoms with van der Waals surface area (Å²) in [5.74, 6) is 0.620. The molecule has 1 N–H and O–H groups in total. The number of benzene rings is 2. The highest BCUT2D eigenvalue weighted by atomic mass is 16.2. The molecule has 4 rings (SSSR count). The number of hydrogen-bond donors (Lipinski definition) is 1. The third-order valence-electron chi connectivity index (χ3n) is 5.36. The molecule has 0 saturated carbocycles. The van der Waals surface area contributed by atoms with Crippen molar-refractivity contribution in [3.63, 3.8) is 0 Å². The molecule has 1 saturated heterocycles. The van der Waals surface area contributed by atoms with Gasteiger partial charge in [0.05, 0.1) is 5.52 Å². The number of carbonyl (C=O) groups is 1. The second-order valence-electron chi connectivity index (χ2n) is 7.36. The normalized spacial score (nSPS) is 16.9. The molecule has 1 aliphatic heterocycles. The SMILES string of the molecule is Cc1cccc2c(NCC3CC(=O)N(CCc4ccccc4)C3)ccnc12. The van der Waals surface area contributed by atoms with E-state index >= 15 is 0 Å². The van der Waals surface area contributed by atoms with Gasteiger partial charge in [0, 0.05) is 49.2 Å². The van der Waals surface area contributed by atoms with Crippen molar-refractivity contribution in [3.8, 4) is 0 Å². The van der Waals surface area contributed by atoms with Gasteiger partial charge < -0.3 is 10.2 Å². The number of para-hydroxylation sites is 1. The van der Waals surface area contributed by atoms with E-state index in [9.17, 15) is 4.79 Å². The van der Waals surface area contributed by atoms with E-state index in [1.165, 1.54) is 11.1 Å². The molecule has 0 radical (unpaired) electrons. The van der Waals surface area contributed by atoms with Gasteiger partial charge in [-0.1, -0.05) is 48.5 Å². The lowest BCUT2D eigenvalue weighted by Crippen LogP contribution is -2.28. The maximum absolute atomic E-state index is 12.4. The summed E-state index contributed by atoms with van der Waals surface area (Å²) in [5, 5.41) is 4.69. The lowest BCUT2D eigenvalue weighted by Gasteiger charge is -2.17. The molecule has 2 aromatic carbocycles. The first-order chi connectivity index (χ1) is 13.2. The van der Waals surface area contributed by atoms with Crippen LogP contribution in [0.25, 0.3) is 10.9 Å². The Kier molecular flexibility index (Phi) is 5.05. The van der Waals surface area contributed by atoms with Crippen LogP contribution in [-0.2, 0) is 11.2 Å². The molecular formula is C23H25N3O. The molecule has 4 nitrogen and oxygen atoms in total. The lowest BCUT2D eigenvalue weighted by atomic mass is 10.1. The maximum Gasteiger partial charge on any atom is 0.223 e. The quantitative estimate of drug-likeness (QED) is 0.722. The Morgan fingerprint density at radius 2 is 1.96 bits per heavy atom. The number of hydrogen-bond acceptors (Lipinski definition) is 3. The molecule has 138 valence electrons. The Morgan fingerprint density at radius 1 is 1.11 bits per heavy atom. The van der Waals surface area contributed by atoms with Crippen molar-refractivity contribution in [3.05, 3.63) is 71.9 Å². The van der Waals surface area contributed by atoms with E-state index in [1.54, 1.807) is 0 Å². The van der Waals surface area contributed by atoms with Gasteiger partial charge in [0.2, 0.25) is 5.91 Å². The van der Waals surface area contributed by atoms with Gasteiger partial charge >= 0.3 is 0 Å². The van der Waals surface area contributed by atoms with E-state index in [1.807, 2.05) is 23.2 Å². The molecule has 27 heavy (non-hydrogen) atoms. The van der Waals surface area contributed by atoms with E-state index in [0.29, 0.717) is 12.3 Å². The van der Waals surface area contributed by atoms with Crippen LogP contribution < -0.4 is 5.32 Å². The first-order valence-electron chi connectivity index (χ1n) is 9.60. The van der Waals surface area contributed by atoms with Crippen molar-refractivity contribution in [2.75, 3.05) is 25.0 Å². The van der Waals surface area contributed by atoms with Crippen LogP contribution in [0.2, 0.25) is 0 Å².